The van der Waals surface area contributed by atoms with E-state index in [0.29, 0.717) is 30.4 Å². The minimum absolute atomic E-state index is 0.0822. The van der Waals surface area contributed by atoms with E-state index in [2.05, 4.69) is 31.7 Å². The average molecular weight is 276 g/mol. The quantitative estimate of drug-likeness (QED) is 0.618. The molecule has 8 nitrogen and oxygen atoms in total. The number of nitrogens with zero attached hydrogens (tertiary/aromatic N) is 5. The van der Waals surface area contributed by atoms with Gasteiger partial charge in [-0.2, -0.15) is 20.2 Å². The third-order valence-electron chi connectivity index (χ3n) is 2.33. The van der Waals surface area contributed by atoms with Crippen molar-refractivity contribution in [3.63, 3.8) is 0 Å². The molecule has 0 fully saturated rings. The molecule has 1 aromatic rings. The highest BCUT2D eigenvalue weighted by Gasteiger charge is 2.15. The summed E-state index contributed by atoms with van der Waals surface area (Å²) < 4.78 is 0. The molecule has 0 saturated carbocycles. The Labute approximate surface area is 118 Å². The number of allylic oxidation sites excluding steroid dienone is 1. The maximum atomic E-state index is 9.38. The predicted molar refractivity (Wildman–Crippen MR) is 78.5 cm³/mol. The van der Waals surface area contributed by atoms with E-state index in [4.69, 9.17) is 5.73 Å². The molecule has 0 saturated heterocycles. The van der Waals surface area contributed by atoms with Crippen LogP contribution in [0, 0.1) is 11.3 Å². The van der Waals surface area contributed by atoms with Crippen LogP contribution < -0.4 is 21.3 Å². The number of rotatable bonds is 6. The van der Waals surface area contributed by atoms with Gasteiger partial charge in [0.2, 0.25) is 11.9 Å². The van der Waals surface area contributed by atoms with E-state index in [0.717, 1.165) is 0 Å². The van der Waals surface area contributed by atoms with Crippen LogP contribution in [0.2, 0.25) is 0 Å². The van der Waals surface area contributed by atoms with Gasteiger partial charge >= 0.3 is 0 Å². The van der Waals surface area contributed by atoms with Crippen LogP contribution in [-0.2, 0) is 0 Å². The first-order valence-corrected chi connectivity index (χ1v) is 6.34. The fraction of sp³-hybridized carbons (Fsp3) is 0.500. The van der Waals surface area contributed by atoms with Gasteiger partial charge in [0.05, 0.1) is 0 Å². The zero-order valence-electron chi connectivity index (χ0n) is 12.2. The lowest BCUT2D eigenvalue weighted by atomic mass is 10.2. The van der Waals surface area contributed by atoms with Gasteiger partial charge in [-0.1, -0.05) is 0 Å². The molecule has 1 rings (SSSR count). The van der Waals surface area contributed by atoms with Gasteiger partial charge in [-0.15, -0.1) is 0 Å². The standard InChI is InChI=1S/C12H20N8/c1-5-15-9(16-6-2)8(7-13)10-17-11(14)19-12(18-10)20(3)4/h15-16H,5-6H2,1-4H3,(H2,14,17,18,19). The number of hydrogen-bond acceptors (Lipinski definition) is 8. The summed E-state index contributed by atoms with van der Waals surface area (Å²) in [6.45, 7) is 5.24. The van der Waals surface area contributed by atoms with Gasteiger partial charge < -0.3 is 21.3 Å². The second-order valence-electron chi connectivity index (χ2n) is 4.13. The van der Waals surface area contributed by atoms with Crippen LogP contribution >= 0.6 is 0 Å². The van der Waals surface area contributed by atoms with Crippen LogP contribution in [0.5, 0.6) is 0 Å². The van der Waals surface area contributed by atoms with Crippen molar-refractivity contribution in [1.29, 1.82) is 5.26 Å². The van der Waals surface area contributed by atoms with E-state index in [1.807, 2.05) is 13.8 Å². The minimum Gasteiger partial charge on any atom is -0.371 e. The fourth-order valence-corrected chi connectivity index (χ4v) is 1.50. The van der Waals surface area contributed by atoms with Crippen LogP contribution in [0.4, 0.5) is 11.9 Å². The van der Waals surface area contributed by atoms with Gasteiger partial charge in [-0.3, -0.25) is 0 Å². The maximum absolute atomic E-state index is 9.38. The first kappa shape index (κ1) is 15.5. The number of hydrogen-bond donors (Lipinski definition) is 3. The monoisotopic (exact) mass is 276 g/mol. The minimum atomic E-state index is 0.0822. The largest absolute Gasteiger partial charge is 0.371 e. The second kappa shape index (κ2) is 7.13. The zero-order chi connectivity index (χ0) is 15.1. The van der Waals surface area contributed by atoms with Gasteiger partial charge in [0.25, 0.3) is 0 Å². The highest BCUT2D eigenvalue weighted by molar-refractivity contribution is 5.75. The molecule has 0 aliphatic carbocycles. The van der Waals surface area contributed by atoms with Crippen molar-refractivity contribution in [2.45, 2.75) is 13.8 Å². The molecular weight excluding hydrogens is 256 g/mol. The molecule has 0 aromatic carbocycles. The number of nitrogens with one attached hydrogen (secondary N) is 2. The van der Waals surface area contributed by atoms with Crippen molar-refractivity contribution < 1.29 is 0 Å². The van der Waals surface area contributed by atoms with Crippen molar-refractivity contribution in [1.82, 2.24) is 25.6 Å². The predicted octanol–water partition coefficient (Wildman–Crippen LogP) is -0.0690. The number of nitriles is 1. The summed E-state index contributed by atoms with van der Waals surface area (Å²) in [5.41, 5.74) is 5.99. The highest BCUT2D eigenvalue weighted by Crippen LogP contribution is 2.15. The molecule has 0 aliphatic rings. The van der Waals surface area contributed by atoms with E-state index < -0.39 is 0 Å². The summed E-state index contributed by atoms with van der Waals surface area (Å²) in [6, 6.07) is 2.11. The van der Waals surface area contributed by atoms with Crippen LogP contribution in [0.1, 0.15) is 19.7 Å². The molecule has 8 heteroatoms. The van der Waals surface area contributed by atoms with Crippen molar-refractivity contribution in [3.05, 3.63) is 11.6 Å². The Balaban J connectivity index is 3.37. The molecule has 0 unspecified atom stereocenters. The third-order valence-corrected chi connectivity index (χ3v) is 2.33. The normalized spacial score (nSPS) is 9.55. The maximum Gasteiger partial charge on any atom is 0.230 e. The number of nitrogen functional groups attached to an aromatic ring is 1. The highest BCUT2D eigenvalue weighted by atomic mass is 15.3. The average Bonchev–Trinajstić information content (AvgIpc) is 2.39. The Morgan fingerprint density at radius 2 is 1.80 bits per heavy atom. The van der Waals surface area contributed by atoms with Gasteiger partial charge in [0.1, 0.15) is 17.5 Å². The summed E-state index contributed by atoms with van der Waals surface area (Å²) in [5, 5.41) is 15.6. The molecule has 108 valence electrons. The molecule has 0 amide bonds. The summed E-state index contributed by atoms with van der Waals surface area (Å²) in [7, 11) is 3.59. The summed E-state index contributed by atoms with van der Waals surface area (Å²) in [4.78, 5) is 14.0. The Bertz CT molecular complexity index is 521. The Morgan fingerprint density at radius 3 is 2.25 bits per heavy atom. The summed E-state index contributed by atoms with van der Waals surface area (Å²) >= 11 is 0. The van der Waals surface area contributed by atoms with Gasteiger partial charge in [-0.05, 0) is 13.8 Å². The fourth-order valence-electron chi connectivity index (χ4n) is 1.50. The molecule has 0 radical (unpaired) electrons. The molecule has 0 aliphatic heterocycles. The van der Waals surface area contributed by atoms with Crippen LogP contribution in [0.15, 0.2) is 5.82 Å². The summed E-state index contributed by atoms with van der Waals surface area (Å²) in [6.07, 6.45) is 0. The van der Waals surface area contributed by atoms with E-state index >= 15 is 0 Å². The molecule has 1 aromatic heterocycles. The second-order valence-corrected chi connectivity index (χ2v) is 4.13. The lowest BCUT2D eigenvalue weighted by molar-refractivity contribution is 0.723. The first-order chi connectivity index (χ1) is 9.53. The molecule has 20 heavy (non-hydrogen) atoms. The van der Waals surface area contributed by atoms with Gasteiger partial charge in [0.15, 0.2) is 5.82 Å². The molecule has 4 N–H and O–H groups in total. The van der Waals surface area contributed by atoms with E-state index in [9.17, 15) is 5.26 Å². The van der Waals surface area contributed by atoms with Crippen molar-refractivity contribution >= 4 is 17.5 Å². The zero-order valence-corrected chi connectivity index (χ0v) is 12.2. The van der Waals surface area contributed by atoms with Crippen molar-refractivity contribution in [2.75, 3.05) is 37.8 Å². The lowest BCUT2D eigenvalue weighted by Crippen LogP contribution is -2.28. The van der Waals surface area contributed by atoms with Crippen molar-refractivity contribution in [2.24, 2.45) is 0 Å². The Hall–Kier alpha value is -2.56. The Morgan fingerprint density at radius 1 is 1.20 bits per heavy atom. The van der Waals surface area contributed by atoms with E-state index in [-0.39, 0.29) is 11.8 Å². The number of nitrogens with two attached hydrogens (primary N) is 1. The van der Waals surface area contributed by atoms with Gasteiger partial charge in [-0.25, -0.2) is 0 Å². The third kappa shape index (κ3) is 3.71. The first-order valence-electron chi connectivity index (χ1n) is 6.34. The molecular formula is C12H20N8. The smallest absolute Gasteiger partial charge is 0.230 e. The topological polar surface area (TPSA) is 116 Å². The van der Waals surface area contributed by atoms with Crippen molar-refractivity contribution in [3.8, 4) is 6.07 Å². The lowest BCUT2D eigenvalue weighted by Gasteiger charge is -2.14. The SMILES string of the molecule is CCNC(NCC)=C(C#N)c1nc(N)nc(N(C)C)n1. The van der Waals surface area contributed by atoms with Crippen LogP contribution in [0.25, 0.3) is 5.57 Å². The van der Waals surface area contributed by atoms with Crippen LogP contribution in [0.3, 0.4) is 0 Å². The molecule has 0 bridgehead atoms. The number of anilines is 2. The van der Waals surface area contributed by atoms with Crippen LogP contribution in [-0.4, -0.2) is 42.1 Å². The molecule has 1 heterocycles. The summed E-state index contributed by atoms with van der Waals surface area (Å²) in [5.74, 6) is 1.33. The van der Waals surface area contributed by atoms with E-state index in [1.54, 1.807) is 19.0 Å². The molecule has 0 atom stereocenters. The number of aromatic nitrogens is 3. The Kier molecular flexibility index (Phi) is 5.53. The van der Waals surface area contributed by atoms with E-state index in [1.165, 1.54) is 0 Å². The molecule has 0 spiro atoms. The van der Waals surface area contributed by atoms with Gasteiger partial charge in [0, 0.05) is 27.2 Å².